The van der Waals surface area contributed by atoms with Gasteiger partial charge in [-0.2, -0.15) is 0 Å². The maximum absolute atomic E-state index is 11.6. The second-order valence-electron chi connectivity index (χ2n) is 15.3. The average molecular weight is 569 g/mol. The standard InChI is InChI=1S/C32H56O8/c1-16(2)25(39-30-29(38)28(37)26(15-33)40-30)7-6-17(3)21-14-24(36)27-19-13-23(35)22-12-18(34)8-10-31(22,4)20(19)9-11-32(21,27)5/h16-30,33-38H,6-15H2,1-5H3/t17-,18+,19-,20?,21?,22?,23+,24?,25?,26-,27?,28-,29+,30-,31-,32-/m1/s1. The Balaban J connectivity index is 1.26. The fourth-order valence-corrected chi connectivity index (χ4v) is 10.6. The summed E-state index contributed by atoms with van der Waals surface area (Å²) in [5.41, 5.74) is 0.0537. The highest BCUT2D eigenvalue weighted by molar-refractivity contribution is 5.13. The minimum absolute atomic E-state index is 0.0223. The predicted octanol–water partition coefficient (Wildman–Crippen LogP) is 2.84. The summed E-state index contributed by atoms with van der Waals surface area (Å²) >= 11 is 0. The van der Waals surface area contributed by atoms with Crippen LogP contribution in [0.2, 0.25) is 0 Å². The molecule has 232 valence electrons. The molecule has 0 aromatic heterocycles. The Morgan fingerprint density at radius 1 is 0.825 bits per heavy atom. The van der Waals surface area contributed by atoms with Gasteiger partial charge < -0.3 is 40.1 Å². The van der Waals surface area contributed by atoms with Crippen molar-refractivity contribution in [3.8, 4) is 0 Å². The van der Waals surface area contributed by atoms with Gasteiger partial charge in [0, 0.05) is 0 Å². The first-order chi connectivity index (χ1) is 18.8. The van der Waals surface area contributed by atoms with E-state index in [9.17, 15) is 30.6 Å². The molecule has 40 heavy (non-hydrogen) atoms. The van der Waals surface area contributed by atoms with Gasteiger partial charge in [0.1, 0.15) is 18.3 Å². The van der Waals surface area contributed by atoms with E-state index in [1.807, 2.05) is 0 Å². The van der Waals surface area contributed by atoms with E-state index in [-0.39, 0.29) is 53.5 Å². The number of rotatable bonds is 8. The Kier molecular flexibility index (Phi) is 9.06. The first kappa shape index (κ1) is 31.1. The predicted molar refractivity (Wildman–Crippen MR) is 150 cm³/mol. The van der Waals surface area contributed by atoms with Gasteiger partial charge in [-0.15, -0.1) is 0 Å². The van der Waals surface area contributed by atoms with E-state index in [0.717, 1.165) is 51.4 Å². The number of aliphatic hydroxyl groups excluding tert-OH is 6. The van der Waals surface area contributed by atoms with E-state index in [1.54, 1.807) is 0 Å². The van der Waals surface area contributed by atoms with Crippen LogP contribution in [0.25, 0.3) is 0 Å². The average Bonchev–Trinajstić information content (AvgIpc) is 3.34. The maximum atomic E-state index is 11.6. The molecule has 5 fully saturated rings. The molecule has 6 N–H and O–H groups in total. The molecule has 0 bridgehead atoms. The van der Waals surface area contributed by atoms with Gasteiger partial charge in [0.05, 0.1) is 31.0 Å². The van der Waals surface area contributed by atoms with Gasteiger partial charge in [-0.25, -0.2) is 0 Å². The van der Waals surface area contributed by atoms with Gasteiger partial charge >= 0.3 is 0 Å². The molecule has 0 spiro atoms. The van der Waals surface area contributed by atoms with Gasteiger partial charge in [0.15, 0.2) is 6.29 Å². The molecule has 1 aliphatic heterocycles. The zero-order chi connectivity index (χ0) is 29.1. The lowest BCUT2D eigenvalue weighted by atomic mass is 9.43. The van der Waals surface area contributed by atoms with E-state index < -0.39 is 30.7 Å². The number of fused-ring (bicyclic) bond motifs is 5. The van der Waals surface area contributed by atoms with Crippen LogP contribution in [0.5, 0.6) is 0 Å². The molecule has 8 heteroatoms. The molecule has 5 rings (SSSR count). The minimum atomic E-state index is -1.18. The largest absolute Gasteiger partial charge is 0.394 e. The summed E-state index contributed by atoms with van der Waals surface area (Å²) in [7, 11) is 0. The van der Waals surface area contributed by atoms with E-state index in [4.69, 9.17) is 9.47 Å². The second-order valence-corrected chi connectivity index (χ2v) is 15.3. The van der Waals surface area contributed by atoms with Crippen molar-refractivity contribution in [3.63, 3.8) is 0 Å². The molecule has 4 aliphatic carbocycles. The molecular formula is C32H56O8. The summed E-state index contributed by atoms with van der Waals surface area (Å²) < 4.78 is 11.8. The quantitative estimate of drug-likeness (QED) is 0.263. The van der Waals surface area contributed by atoms with Crippen molar-refractivity contribution in [2.24, 2.45) is 52.3 Å². The van der Waals surface area contributed by atoms with Gasteiger partial charge in [0.2, 0.25) is 0 Å². The Morgan fingerprint density at radius 3 is 2.17 bits per heavy atom. The van der Waals surface area contributed by atoms with Gasteiger partial charge in [0.25, 0.3) is 0 Å². The normalized spacial score (nSPS) is 52.2. The summed E-state index contributed by atoms with van der Waals surface area (Å²) in [4.78, 5) is 0. The molecular weight excluding hydrogens is 512 g/mol. The van der Waals surface area contributed by atoms with E-state index in [1.165, 1.54) is 0 Å². The smallest absolute Gasteiger partial charge is 0.186 e. The lowest BCUT2D eigenvalue weighted by molar-refractivity contribution is -0.203. The first-order valence-electron chi connectivity index (χ1n) is 16.1. The van der Waals surface area contributed by atoms with Crippen LogP contribution in [0, 0.1) is 52.3 Å². The van der Waals surface area contributed by atoms with E-state index in [0.29, 0.717) is 30.1 Å². The zero-order valence-corrected chi connectivity index (χ0v) is 25.2. The molecule has 0 radical (unpaired) electrons. The number of hydrogen-bond donors (Lipinski definition) is 6. The molecule has 16 atom stereocenters. The molecule has 0 aromatic carbocycles. The fourth-order valence-electron chi connectivity index (χ4n) is 10.6. The van der Waals surface area contributed by atoms with E-state index in [2.05, 4.69) is 34.6 Å². The number of ether oxygens (including phenoxy) is 2. The van der Waals surface area contributed by atoms with Gasteiger partial charge in [-0.05, 0) is 110 Å². The van der Waals surface area contributed by atoms with Gasteiger partial charge in [-0.1, -0.05) is 34.6 Å². The summed E-state index contributed by atoms with van der Waals surface area (Å²) in [6, 6.07) is 0. The van der Waals surface area contributed by atoms with Crippen LogP contribution in [0.3, 0.4) is 0 Å². The first-order valence-corrected chi connectivity index (χ1v) is 16.1. The third kappa shape index (κ3) is 5.21. The van der Waals surface area contributed by atoms with Crippen molar-refractivity contribution in [2.45, 2.75) is 141 Å². The Hall–Kier alpha value is -0.320. The van der Waals surface area contributed by atoms with Crippen molar-refractivity contribution in [1.82, 2.24) is 0 Å². The highest BCUT2D eigenvalue weighted by Crippen LogP contribution is 2.68. The number of aliphatic hydroxyl groups is 6. The van der Waals surface area contributed by atoms with Crippen LogP contribution in [0.15, 0.2) is 0 Å². The van der Waals surface area contributed by atoms with E-state index >= 15 is 0 Å². The molecule has 4 saturated carbocycles. The minimum Gasteiger partial charge on any atom is -0.394 e. The van der Waals surface area contributed by atoms with Crippen LogP contribution in [0.1, 0.15) is 92.4 Å². The molecule has 0 aromatic rings. The van der Waals surface area contributed by atoms with Crippen molar-refractivity contribution >= 4 is 0 Å². The topological polar surface area (TPSA) is 140 Å². The molecule has 5 aliphatic rings. The van der Waals surface area contributed by atoms with Gasteiger partial charge in [-0.3, -0.25) is 0 Å². The molecule has 1 saturated heterocycles. The molecule has 8 nitrogen and oxygen atoms in total. The highest BCUT2D eigenvalue weighted by Gasteiger charge is 2.64. The summed E-state index contributed by atoms with van der Waals surface area (Å²) in [5, 5.41) is 63.2. The van der Waals surface area contributed by atoms with Crippen LogP contribution in [0.4, 0.5) is 0 Å². The zero-order valence-electron chi connectivity index (χ0n) is 25.2. The SMILES string of the molecule is CC(C)C(CC[C@@H](C)C1CC(O)C2[C@@H]3C[C@H](O)C4C[C@@H](O)CC[C@]4(C)C3CC[C@@]21C)O[C@@H]1O[C@H](CO)[C@@H](O)[C@@H]1O. The van der Waals surface area contributed by atoms with Crippen LogP contribution in [-0.2, 0) is 9.47 Å². The lowest BCUT2D eigenvalue weighted by Gasteiger charge is -2.62. The number of hydrogen-bond acceptors (Lipinski definition) is 8. The van der Waals surface area contributed by atoms with Crippen LogP contribution < -0.4 is 0 Å². The Labute approximate surface area is 240 Å². The highest BCUT2D eigenvalue weighted by atomic mass is 16.7. The molecule has 1 heterocycles. The molecule has 6 unspecified atom stereocenters. The molecule has 0 amide bonds. The summed E-state index contributed by atoms with van der Waals surface area (Å²) in [5.74, 6) is 2.09. The van der Waals surface area contributed by atoms with Crippen molar-refractivity contribution in [1.29, 1.82) is 0 Å². The van der Waals surface area contributed by atoms with Crippen molar-refractivity contribution in [2.75, 3.05) is 6.61 Å². The monoisotopic (exact) mass is 568 g/mol. The Bertz CT molecular complexity index is 870. The second kappa shape index (κ2) is 11.6. The summed E-state index contributed by atoms with van der Waals surface area (Å²) in [6.45, 7) is 10.9. The van der Waals surface area contributed by atoms with Crippen LogP contribution >= 0.6 is 0 Å². The lowest BCUT2D eigenvalue weighted by Crippen LogP contribution is -2.59. The fraction of sp³-hybridized carbons (Fsp3) is 1.00. The van der Waals surface area contributed by atoms with Crippen molar-refractivity contribution in [3.05, 3.63) is 0 Å². The summed E-state index contributed by atoms with van der Waals surface area (Å²) in [6.07, 6.45) is 2.57. The Morgan fingerprint density at radius 2 is 1.52 bits per heavy atom. The third-order valence-corrected chi connectivity index (χ3v) is 12.8. The maximum Gasteiger partial charge on any atom is 0.186 e. The van der Waals surface area contributed by atoms with Crippen molar-refractivity contribution < 1.29 is 40.1 Å². The third-order valence-electron chi connectivity index (χ3n) is 12.8. The van der Waals surface area contributed by atoms with Crippen LogP contribution in [-0.4, -0.2) is 86.3 Å².